The minimum absolute atomic E-state index is 0.127. The van der Waals surface area contributed by atoms with E-state index in [-0.39, 0.29) is 5.91 Å². The summed E-state index contributed by atoms with van der Waals surface area (Å²) in [6.45, 7) is 5.49. The number of rotatable bonds is 7. The number of hydrogen-bond donors (Lipinski definition) is 2. The Bertz CT molecular complexity index is 559. The Hall–Kier alpha value is -1.46. The molecule has 1 atom stereocenters. The summed E-state index contributed by atoms with van der Waals surface area (Å²) in [5, 5.41) is 4.17. The normalized spacial score (nSPS) is 12.8. The maximum atomic E-state index is 12.0. The Balaban J connectivity index is 1.89. The van der Waals surface area contributed by atoms with Crippen LogP contribution >= 0.6 is 11.3 Å². The second-order valence-corrected chi connectivity index (χ2v) is 6.58. The van der Waals surface area contributed by atoms with Crippen molar-refractivity contribution in [1.29, 1.82) is 0 Å². The maximum Gasteiger partial charge on any atom is 0.275 e. The van der Waals surface area contributed by atoms with E-state index < -0.39 is 0 Å². The molecule has 1 aromatic heterocycles. The summed E-state index contributed by atoms with van der Waals surface area (Å²) in [6, 6.07) is 8.46. The molecular weight excluding hydrogens is 282 g/mol. The number of thiazole rings is 1. The SMILES string of the molecule is CCC(CC)NC(=O)C[NH+](C)Cc1nc2ccccc2s1. The van der Waals surface area contributed by atoms with Gasteiger partial charge < -0.3 is 10.2 Å². The van der Waals surface area contributed by atoms with Crippen molar-refractivity contribution < 1.29 is 9.69 Å². The second-order valence-electron chi connectivity index (χ2n) is 5.47. The fourth-order valence-electron chi connectivity index (χ4n) is 2.36. The Morgan fingerprint density at radius 3 is 2.71 bits per heavy atom. The molecule has 0 saturated heterocycles. The molecule has 1 heterocycles. The minimum atomic E-state index is 0.127. The first-order chi connectivity index (χ1) is 10.1. The molecule has 0 bridgehead atoms. The highest BCUT2D eigenvalue weighted by Crippen LogP contribution is 2.20. The molecule has 0 aliphatic carbocycles. The van der Waals surface area contributed by atoms with Gasteiger partial charge in [-0.05, 0) is 25.0 Å². The molecule has 2 rings (SSSR count). The number of fused-ring (bicyclic) bond motifs is 1. The molecule has 0 saturated carbocycles. The van der Waals surface area contributed by atoms with Crippen LogP contribution in [0.1, 0.15) is 31.7 Å². The summed E-state index contributed by atoms with van der Waals surface area (Å²) in [4.78, 5) is 17.8. The van der Waals surface area contributed by atoms with Gasteiger partial charge in [-0.3, -0.25) is 4.79 Å². The van der Waals surface area contributed by atoms with Crippen molar-refractivity contribution in [2.24, 2.45) is 0 Å². The first-order valence-corrected chi connectivity index (χ1v) is 8.39. The average Bonchev–Trinajstić information content (AvgIpc) is 2.86. The van der Waals surface area contributed by atoms with Crippen molar-refractivity contribution >= 4 is 27.5 Å². The highest BCUT2D eigenvalue weighted by Gasteiger charge is 2.15. The lowest BCUT2D eigenvalue weighted by atomic mass is 10.2. The van der Waals surface area contributed by atoms with Crippen LogP contribution in [0.5, 0.6) is 0 Å². The van der Waals surface area contributed by atoms with Crippen molar-refractivity contribution in [3.8, 4) is 0 Å². The van der Waals surface area contributed by atoms with E-state index in [0.717, 1.165) is 34.8 Å². The number of carbonyl (C=O) groups excluding carboxylic acids is 1. The van der Waals surface area contributed by atoms with Gasteiger partial charge in [0.05, 0.1) is 17.3 Å². The zero-order valence-electron chi connectivity index (χ0n) is 13.0. The van der Waals surface area contributed by atoms with Crippen LogP contribution in [0.25, 0.3) is 10.2 Å². The molecule has 5 heteroatoms. The van der Waals surface area contributed by atoms with E-state index in [1.807, 2.05) is 25.2 Å². The minimum Gasteiger partial charge on any atom is -0.349 e. The van der Waals surface area contributed by atoms with E-state index in [1.54, 1.807) is 11.3 Å². The van der Waals surface area contributed by atoms with Gasteiger partial charge in [0.1, 0.15) is 11.6 Å². The van der Waals surface area contributed by atoms with Crippen LogP contribution in [-0.2, 0) is 11.3 Å². The maximum absolute atomic E-state index is 12.0. The third-order valence-electron chi connectivity index (χ3n) is 3.60. The van der Waals surface area contributed by atoms with Crippen molar-refractivity contribution in [2.75, 3.05) is 13.6 Å². The molecule has 1 unspecified atom stereocenters. The highest BCUT2D eigenvalue weighted by atomic mass is 32.1. The van der Waals surface area contributed by atoms with Crippen LogP contribution in [0.3, 0.4) is 0 Å². The van der Waals surface area contributed by atoms with E-state index in [1.165, 1.54) is 4.70 Å². The number of hydrogen-bond acceptors (Lipinski definition) is 3. The number of para-hydroxylation sites is 1. The summed E-state index contributed by atoms with van der Waals surface area (Å²) in [5.74, 6) is 0.127. The van der Waals surface area contributed by atoms with Gasteiger partial charge in [0.25, 0.3) is 5.91 Å². The lowest BCUT2D eigenvalue weighted by Crippen LogP contribution is -3.09. The van der Waals surface area contributed by atoms with Gasteiger partial charge in [-0.2, -0.15) is 0 Å². The lowest BCUT2D eigenvalue weighted by molar-refractivity contribution is -0.885. The summed E-state index contributed by atoms with van der Waals surface area (Å²) in [7, 11) is 2.04. The van der Waals surface area contributed by atoms with Crippen molar-refractivity contribution in [2.45, 2.75) is 39.3 Å². The Morgan fingerprint density at radius 1 is 1.33 bits per heavy atom. The zero-order chi connectivity index (χ0) is 15.2. The smallest absolute Gasteiger partial charge is 0.275 e. The van der Waals surface area contributed by atoms with Crippen molar-refractivity contribution in [3.05, 3.63) is 29.3 Å². The topological polar surface area (TPSA) is 46.4 Å². The molecule has 0 aliphatic heterocycles. The molecule has 0 fully saturated rings. The summed E-state index contributed by atoms with van der Waals surface area (Å²) < 4.78 is 1.21. The van der Waals surface area contributed by atoms with Crippen molar-refractivity contribution in [3.63, 3.8) is 0 Å². The van der Waals surface area contributed by atoms with E-state index >= 15 is 0 Å². The fraction of sp³-hybridized carbons (Fsp3) is 0.500. The van der Waals surface area contributed by atoms with Crippen LogP contribution in [0.4, 0.5) is 0 Å². The summed E-state index contributed by atoms with van der Waals surface area (Å²) in [5.41, 5.74) is 1.05. The van der Waals surface area contributed by atoms with Gasteiger partial charge in [0.15, 0.2) is 6.54 Å². The number of likely N-dealkylation sites (N-methyl/N-ethyl adjacent to an activating group) is 1. The number of aromatic nitrogens is 1. The van der Waals surface area contributed by atoms with Gasteiger partial charge in [-0.1, -0.05) is 26.0 Å². The largest absolute Gasteiger partial charge is 0.349 e. The van der Waals surface area contributed by atoms with Crippen LogP contribution in [0.15, 0.2) is 24.3 Å². The molecule has 1 amide bonds. The monoisotopic (exact) mass is 306 g/mol. The second kappa shape index (κ2) is 7.52. The first kappa shape index (κ1) is 15.9. The first-order valence-electron chi connectivity index (χ1n) is 7.57. The third-order valence-corrected chi connectivity index (χ3v) is 4.64. The van der Waals surface area contributed by atoms with Gasteiger partial charge in [-0.25, -0.2) is 4.98 Å². The van der Waals surface area contributed by atoms with E-state index in [9.17, 15) is 4.79 Å². The molecule has 0 aliphatic rings. The third kappa shape index (κ3) is 4.51. The van der Waals surface area contributed by atoms with E-state index in [0.29, 0.717) is 12.6 Å². The van der Waals surface area contributed by atoms with Gasteiger partial charge in [-0.15, -0.1) is 11.3 Å². The number of carbonyl (C=O) groups is 1. The Labute approximate surface area is 130 Å². The van der Waals surface area contributed by atoms with Crippen LogP contribution in [-0.4, -0.2) is 30.5 Å². The number of amides is 1. The predicted octanol–water partition coefficient (Wildman–Crippen LogP) is 1.62. The molecule has 0 spiro atoms. The number of nitrogens with zero attached hydrogens (tertiary/aromatic N) is 1. The lowest BCUT2D eigenvalue weighted by Gasteiger charge is -2.17. The van der Waals surface area contributed by atoms with Gasteiger partial charge >= 0.3 is 0 Å². The Kier molecular flexibility index (Phi) is 5.70. The zero-order valence-corrected chi connectivity index (χ0v) is 13.8. The number of nitrogens with one attached hydrogen (secondary N) is 2. The predicted molar refractivity (Wildman–Crippen MR) is 87.6 cm³/mol. The molecule has 21 heavy (non-hydrogen) atoms. The van der Waals surface area contributed by atoms with Crippen LogP contribution < -0.4 is 10.2 Å². The van der Waals surface area contributed by atoms with Crippen LogP contribution in [0.2, 0.25) is 0 Å². The molecule has 0 radical (unpaired) electrons. The molecular formula is C16H24N3OS+. The molecule has 1 aromatic carbocycles. The van der Waals surface area contributed by atoms with E-state index in [2.05, 4.69) is 30.2 Å². The van der Waals surface area contributed by atoms with Gasteiger partial charge in [0, 0.05) is 6.04 Å². The molecule has 2 N–H and O–H groups in total. The van der Waals surface area contributed by atoms with Crippen LogP contribution in [0, 0.1) is 0 Å². The molecule has 2 aromatic rings. The van der Waals surface area contributed by atoms with Gasteiger partial charge in [0.2, 0.25) is 0 Å². The molecule has 4 nitrogen and oxygen atoms in total. The fourth-order valence-corrected chi connectivity index (χ4v) is 3.44. The highest BCUT2D eigenvalue weighted by molar-refractivity contribution is 7.18. The summed E-state index contributed by atoms with van der Waals surface area (Å²) in [6.07, 6.45) is 1.97. The Morgan fingerprint density at radius 2 is 2.05 bits per heavy atom. The molecule has 114 valence electrons. The number of quaternary nitrogens is 1. The summed E-state index contributed by atoms with van der Waals surface area (Å²) >= 11 is 1.71. The number of benzene rings is 1. The quantitative estimate of drug-likeness (QED) is 0.816. The standard InChI is InChI=1S/C16H23N3OS/c1-4-12(5-2)17-15(20)10-19(3)11-16-18-13-8-6-7-9-14(13)21-16/h6-9,12H,4-5,10-11H2,1-3H3,(H,17,20)/p+1. The van der Waals surface area contributed by atoms with E-state index in [4.69, 9.17) is 0 Å². The van der Waals surface area contributed by atoms with Crippen molar-refractivity contribution in [1.82, 2.24) is 10.3 Å². The average molecular weight is 306 g/mol.